The first-order valence-corrected chi connectivity index (χ1v) is 11.5. The molecule has 7 nitrogen and oxygen atoms in total. The van der Waals surface area contributed by atoms with Crippen LogP contribution in [0.5, 0.6) is 0 Å². The Morgan fingerprint density at radius 1 is 0.971 bits per heavy atom. The lowest BCUT2D eigenvalue weighted by Gasteiger charge is -2.11. The number of carbonyl (C=O) groups is 2. The number of rotatable bonds is 8. The van der Waals surface area contributed by atoms with Crippen LogP contribution in [0.4, 0.5) is 10.1 Å². The maximum absolute atomic E-state index is 13.5. The van der Waals surface area contributed by atoms with E-state index in [0.29, 0.717) is 22.2 Å². The van der Waals surface area contributed by atoms with E-state index in [4.69, 9.17) is 0 Å². The Hall–Kier alpha value is -3.98. The minimum Gasteiger partial charge on any atom is -0.345 e. The number of hydrogen-bond donors (Lipinski definition) is 2. The van der Waals surface area contributed by atoms with Crippen molar-refractivity contribution in [3.63, 3.8) is 0 Å². The second-order valence-electron chi connectivity index (χ2n) is 7.47. The summed E-state index contributed by atoms with van der Waals surface area (Å²) in [5, 5.41) is 14.6. The summed E-state index contributed by atoms with van der Waals surface area (Å²) < 4.78 is 15.2. The van der Waals surface area contributed by atoms with Gasteiger partial charge in [0.2, 0.25) is 5.91 Å². The molecule has 3 aromatic carbocycles. The van der Waals surface area contributed by atoms with Crippen molar-refractivity contribution in [1.29, 1.82) is 0 Å². The number of aromatic nitrogens is 3. The fraction of sp³-hybridized carbons (Fsp3) is 0.120. The Kier molecular flexibility index (Phi) is 7.34. The van der Waals surface area contributed by atoms with Gasteiger partial charge in [0.1, 0.15) is 5.82 Å². The number of thioether (sulfide) groups is 1. The van der Waals surface area contributed by atoms with Crippen molar-refractivity contribution in [1.82, 2.24) is 20.1 Å². The quantitative estimate of drug-likeness (QED) is 0.369. The highest BCUT2D eigenvalue weighted by Gasteiger charge is 2.17. The van der Waals surface area contributed by atoms with Crippen molar-refractivity contribution in [2.24, 2.45) is 0 Å². The molecule has 1 heterocycles. The van der Waals surface area contributed by atoms with E-state index in [1.807, 2.05) is 37.3 Å². The predicted molar refractivity (Wildman–Crippen MR) is 129 cm³/mol. The highest BCUT2D eigenvalue weighted by atomic mass is 32.2. The average molecular weight is 476 g/mol. The van der Waals surface area contributed by atoms with Crippen molar-refractivity contribution >= 4 is 29.3 Å². The minimum atomic E-state index is -0.373. The number of aryl methyl sites for hydroxylation is 1. The predicted octanol–water partition coefficient (Wildman–Crippen LogP) is 4.38. The third-order valence-electron chi connectivity index (χ3n) is 4.86. The lowest BCUT2D eigenvalue weighted by atomic mass is 10.2. The van der Waals surface area contributed by atoms with Crippen LogP contribution in [0.1, 0.15) is 21.7 Å². The smallest absolute Gasteiger partial charge is 0.251 e. The molecule has 0 atom stereocenters. The van der Waals surface area contributed by atoms with Gasteiger partial charge in [0, 0.05) is 16.9 Å². The number of amides is 2. The normalized spacial score (nSPS) is 10.6. The second-order valence-corrected chi connectivity index (χ2v) is 8.41. The van der Waals surface area contributed by atoms with Gasteiger partial charge in [-0.1, -0.05) is 42.1 Å². The molecular formula is C25H22FN5O2S. The Labute approximate surface area is 200 Å². The van der Waals surface area contributed by atoms with Crippen LogP contribution < -0.4 is 10.6 Å². The SMILES string of the molecule is Cc1cccc(NC(=O)CSc2nnc(CNC(=O)c3ccccc3)n2-c2ccc(F)cc2)c1. The van der Waals surface area contributed by atoms with Gasteiger partial charge >= 0.3 is 0 Å². The summed E-state index contributed by atoms with van der Waals surface area (Å²) in [5.74, 6) is -0.256. The molecule has 0 saturated heterocycles. The van der Waals surface area contributed by atoms with Crippen molar-refractivity contribution in [3.8, 4) is 5.69 Å². The van der Waals surface area contributed by atoms with E-state index >= 15 is 0 Å². The number of benzene rings is 3. The van der Waals surface area contributed by atoms with Crippen molar-refractivity contribution in [3.05, 3.63) is 102 Å². The van der Waals surface area contributed by atoms with Gasteiger partial charge < -0.3 is 10.6 Å². The van der Waals surface area contributed by atoms with E-state index in [1.165, 1.54) is 23.9 Å². The second kappa shape index (κ2) is 10.8. The average Bonchev–Trinajstić information content (AvgIpc) is 3.25. The van der Waals surface area contributed by atoms with Crippen molar-refractivity contribution in [2.75, 3.05) is 11.1 Å². The fourth-order valence-corrected chi connectivity index (χ4v) is 4.03. The van der Waals surface area contributed by atoms with Crippen LogP contribution in [0.2, 0.25) is 0 Å². The summed E-state index contributed by atoms with van der Waals surface area (Å²) in [4.78, 5) is 24.9. The maximum atomic E-state index is 13.5. The van der Waals surface area contributed by atoms with Gasteiger partial charge in [-0.2, -0.15) is 0 Å². The molecule has 0 saturated carbocycles. The first kappa shape index (κ1) is 23.2. The van der Waals surface area contributed by atoms with Gasteiger partial charge in [-0.15, -0.1) is 10.2 Å². The number of halogens is 1. The van der Waals surface area contributed by atoms with Crippen LogP contribution >= 0.6 is 11.8 Å². The largest absolute Gasteiger partial charge is 0.345 e. The van der Waals surface area contributed by atoms with Gasteiger partial charge in [0.25, 0.3) is 5.91 Å². The molecule has 0 fully saturated rings. The van der Waals surface area contributed by atoms with E-state index in [9.17, 15) is 14.0 Å². The highest BCUT2D eigenvalue weighted by Crippen LogP contribution is 2.23. The maximum Gasteiger partial charge on any atom is 0.251 e. The molecule has 2 N–H and O–H groups in total. The number of hydrogen-bond acceptors (Lipinski definition) is 5. The van der Waals surface area contributed by atoms with Crippen LogP contribution in [-0.2, 0) is 11.3 Å². The molecule has 2 amide bonds. The van der Waals surface area contributed by atoms with Gasteiger partial charge in [-0.25, -0.2) is 4.39 Å². The third-order valence-corrected chi connectivity index (χ3v) is 5.79. The van der Waals surface area contributed by atoms with Gasteiger partial charge in [0.05, 0.1) is 12.3 Å². The van der Waals surface area contributed by atoms with E-state index in [0.717, 1.165) is 11.3 Å². The monoisotopic (exact) mass is 475 g/mol. The molecule has 0 bridgehead atoms. The van der Waals surface area contributed by atoms with Crippen molar-refractivity contribution in [2.45, 2.75) is 18.6 Å². The summed E-state index contributed by atoms with van der Waals surface area (Å²) in [7, 11) is 0. The summed E-state index contributed by atoms with van der Waals surface area (Å²) in [6, 6.07) is 22.2. The van der Waals surface area contributed by atoms with Crippen molar-refractivity contribution < 1.29 is 14.0 Å². The molecule has 4 aromatic rings. The Bertz CT molecular complexity index is 1290. The summed E-state index contributed by atoms with van der Waals surface area (Å²) >= 11 is 1.20. The van der Waals surface area contributed by atoms with E-state index in [-0.39, 0.29) is 29.9 Å². The summed E-state index contributed by atoms with van der Waals surface area (Å²) in [6.07, 6.45) is 0. The molecule has 172 valence electrons. The van der Waals surface area contributed by atoms with Gasteiger partial charge in [-0.3, -0.25) is 14.2 Å². The van der Waals surface area contributed by atoms with Crippen LogP contribution in [0.3, 0.4) is 0 Å². The fourth-order valence-electron chi connectivity index (χ4n) is 3.26. The molecule has 1 aromatic heterocycles. The van der Waals surface area contributed by atoms with E-state index in [1.54, 1.807) is 41.0 Å². The first-order chi connectivity index (χ1) is 16.5. The molecule has 0 aliphatic rings. The van der Waals surface area contributed by atoms with Crippen LogP contribution in [-0.4, -0.2) is 32.3 Å². The highest BCUT2D eigenvalue weighted by molar-refractivity contribution is 7.99. The van der Waals surface area contributed by atoms with E-state index in [2.05, 4.69) is 20.8 Å². The number of nitrogens with zero attached hydrogens (tertiary/aromatic N) is 3. The summed E-state index contributed by atoms with van der Waals surface area (Å²) in [5.41, 5.74) is 2.91. The zero-order chi connectivity index (χ0) is 23.9. The molecule has 0 radical (unpaired) electrons. The molecule has 0 unspecified atom stereocenters. The molecular weight excluding hydrogens is 453 g/mol. The van der Waals surface area contributed by atoms with Crippen LogP contribution in [0.15, 0.2) is 84.0 Å². The number of anilines is 1. The Morgan fingerprint density at radius 3 is 2.47 bits per heavy atom. The zero-order valence-electron chi connectivity index (χ0n) is 18.4. The van der Waals surface area contributed by atoms with Crippen LogP contribution in [0.25, 0.3) is 5.69 Å². The topological polar surface area (TPSA) is 88.9 Å². The minimum absolute atomic E-state index is 0.101. The first-order valence-electron chi connectivity index (χ1n) is 10.5. The molecule has 34 heavy (non-hydrogen) atoms. The third kappa shape index (κ3) is 5.87. The molecule has 0 aliphatic heterocycles. The molecule has 0 spiro atoms. The van der Waals surface area contributed by atoms with E-state index < -0.39 is 0 Å². The molecule has 0 aliphatic carbocycles. The standard InChI is InChI=1S/C25H22FN5O2S/c1-17-6-5-9-20(14-17)28-23(32)16-34-25-30-29-22(31(25)21-12-10-19(26)11-13-21)15-27-24(33)18-7-3-2-4-8-18/h2-14H,15-16H2,1H3,(H,27,33)(H,28,32). The lowest BCUT2D eigenvalue weighted by Crippen LogP contribution is -2.24. The van der Waals surface area contributed by atoms with Gasteiger partial charge in [0.15, 0.2) is 11.0 Å². The lowest BCUT2D eigenvalue weighted by molar-refractivity contribution is -0.113. The van der Waals surface area contributed by atoms with Crippen LogP contribution in [0, 0.1) is 12.7 Å². The number of carbonyl (C=O) groups excluding carboxylic acids is 2. The molecule has 9 heteroatoms. The summed E-state index contributed by atoms with van der Waals surface area (Å²) in [6.45, 7) is 2.06. The van der Waals surface area contributed by atoms with Gasteiger partial charge in [-0.05, 0) is 61.0 Å². The Balaban J connectivity index is 1.50. The number of nitrogens with one attached hydrogen (secondary N) is 2. The molecule has 4 rings (SSSR count). The zero-order valence-corrected chi connectivity index (χ0v) is 19.2. The Morgan fingerprint density at radius 2 is 1.74 bits per heavy atom.